The number of nitrogens with zero attached hydrogens (tertiary/aromatic N) is 8. The molecule has 2 aliphatic heterocycles. The Morgan fingerprint density at radius 3 is 2.71 bits per heavy atom. The lowest BCUT2D eigenvalue weighted by Crippen LogP contribution is -2.52. The number of anilines is 1. The lowest BCUT2D eigenvalue weighted by Gasteiger charge is -2.38. The topological polar surface area (TPSA) is 174 Å². The number of aromatic nitrogens is 6. The van der Waals surface area contributed by atoms with Crippen molar-refractivity contribution in [3.8, 4) is 11.3 Å². The molecule has 6 heterocycles. The zero-order valence-electron chi connectivity index (χ0n) is 23.1. The largest absolute Gasteiger partial charge is 0.387 e. The van der Waals surface area contributed by atoms with Gasteiger partial charge in [-0.25, -0.2) is 9.97 Å². The molecule has 218 valence electrons. The van der Waals surface area contributed by atoms with Crippen LogP contribution in [-0.2, 0) is 23.0 Å². The van der Waals surface area contributed by atoms with Crippen LogP contribution in [0.15, 0.2) is 41.8 Å². The van der Waals surface area contributed by atoms with Crippen LogP contribution in [0.4, 0.5) is 5.82 Å². The van der Waals surface area contributed by atoms with Crippen molar-refractivity contribution in [2.24, 2.45) is 7.05 Å². The summed E-state index contributed by atoms with van der Waals surface area (Å²) in [5.41, 5.74) is 8.89. The van der Waals surface area contributed by atoms with Crippen LogP contribution in [-0.4, -0.2) is 106 Å². The molecule has 0 spiro atoms. The van der Waals surface area contributed by atoms with Gasteiger partial charge in [0.25, 0.3) is 5.91 Å². The molecule has 41 heavy (non-hydrogen) atoms. The van der Waals surface area contributed by atoms with Gasteiger partial charge in [0.05, 0.1) is 17.3 Å². The van der Waals surface area contributed by atoms with Crippen LogP contribution in [0, 0.1) is 0 Å². The minimum Gasteiger partial charge on any atom is -0.387 e. The number of hydrogen-bond donors (Lipinski definition) is 3. The van der Waals surface area contributed by atoms with Crippen LogP contribution in [0.25, 0.3) is 22.3 Å². The molecule has 0 unspecified atom stereocenters. The summed E-state index contributed by atoms with van der Waals surface area (Å²) < 4.78 is 14.4. The van der Waals surface area contributed by atoms with Gasteiger partial charge in [-0.05, 0) is 51.9 Å². The van der Waals surface area contributed by atoms with Gasteiger partial charge < -0.3 is 39.6 Å². The molecule has 4 N–H and O–H groups in total. The number of carbonyl (C=O) groups is 1. The molecule has 0 bridgehead atoms. The number of aryl methyl sites for hydroxylation is 2. The molecule has 0 aliphatic carbocycles. The minimum absolute atomic E-state index is 0.00359. The molecule has 2 saturated heterocycles. The summed E-state index contributed by atoms with van der Waals surface area (Å²) in [4.78, 5) is 26.6. The van der Waals surface area contributed by atoms with E-state index in [1.807, 2.05) is 11.0 Å². The third-order valence-electron chi connectivity index (χ3n) is 8.14. The smallest absolute Gasteiger partial charge is 0.254 e. The molecular formula is C27H35N9O5. The lowest BCUT2D eigenvalue weighted by atomic mass is 10.0. The highest BCUT2D eigenvalue weighted by Crippen LogP contribution is 2.38. The van der Waals surface area contributed by atoms with E-state index in [4.69, 9.17) is 15.0 Å². The van der Waals surface area contributed by atoms with Crippen molar-refractivity contribution in [2.75, 3.05) is 32.4 Å². The number of likely N-dealkylation sites (tertiary alicyclic amines) is 1. The average Bonchev–Trinajstić information content (AvgIpc) is 3.76. The Morgan fingerprint density at radius 2 is 2.00 bits per heavy atom. The molecule has 0 saturated carbocycles. The number of fused-ring (bicyclic) bond motifs is 1. The summed E-state index contributed by atoms with van der Waals surface area (Å²) in [6.45, 7) is 2.21. The van der Waals surface area contributed by atoms with Gasteiger partial charge in [0.15, 0.2) is 12.3 Å². The summed E-state index contributed by atoms with van der Waals surface area (Å²) in [5.74, 6) is -0.0919. The summed E-state index contributed by atoms with van der Waals surface area (Å²) >= 11 is 0. The number of aliphatic hydroxyl groups is 2. The predicted octanol–water partition coefficient (Wildman–Crippen LogP) is 0.577. The standard InChI is InChI=1S/C27H35N9O5/c1-33-9-5-17(6-10-33)35(8-3-4-16-12-31-40-14-16)26(39)23-21(37)22(38)27(41-23)36-13-18(19-7-11-34(2)32-19)20-24(28)29-15-30-25(20)36/h7,11-15,17,21-23,27,37-38H,3-6,8-10H2,1-2H3,(H2,28,29,30)/t21-,22+,23-,27+/m0/s1. The van der Waals surface area contributed by atoms with Crippen LogP contribution in [0.2, 0.25) is 0 Å². The monoisotopic (exact) mass is 565 g/mol. The van der Waals surface area contributed by atoms with Crippen molar-refractivity contribution < 1.29 is 24.3 Å². The van der Waals surface area contributed by atoms with Crippen LogP contribution >= 0.6 is 0 Å². The molecule has 1 amide bonds. The van der Waals surface area contributed by atoms with E-state index in [2.05, 4.69) is 32.2 Å². The molecule has 4 atom stereocenters. The Kier molecular flexibility index (Phi) is 7.46. The van der Waals surface area contributed by atoms with Gasteiger partial charge in [-0.1, -0.05) is 5.16 Å². The molecule has 4 aromatic heterocycles. The molecular weight excluding hydrogens is 530 g/mol. The summed E-state index contributed by atoms with van der Waals surface area (Å²) in [5, 5.41) is 31.1. The SMILES string of the molecule is CN1CCC(N(CCCc2cnoc2)C(=O)[C@H]2O[C@@H](n3cc(-c4ccn(C)n4)c4c(N)ncnc43)[C@H](O)[C@@H]2O)CC1. The fourth-order valence-corrected chi connectivity index (χ4v) is 5.90. The first-order valence-corrected chi connectivity index (χ1v) is 13.8. The number of nitrogen functional groups attached to an aromatic ring is 1. The van der Waals surface area contributed by atoms with Gasteiger partial charge in [0.2, 0.25) is 0 Å². The van der Waals surface area contributed by atoms with Gasteiger partial charge in [0.1, 0.15) is 36.3 Å². The van der Waals surface area contributed by atoms with E-state index in [1.165, 1.54) is 6.33 Å². The van der Waals surface area contributed by atoms with Crippen molar-refractivity contribution >= 4 is 22.8 Å². The van der Waals surface area contributed by atoms with E-state index < -0.39 is 24.5 Å². The quantitative estimate of drug-likeness (QED) is 0.273. The number of piperidine rings is 1. The Bertz CT molecular complexity index is 1490. The maximum atomic E-state index is 14.0. The van der Waals surface area contributed by atoms with Crippen molar-refractivity contribution in [2.45, 2.75) is 56.3 Å². The number of rotatable bonds is 8. The van der Waals surface area contributed by atoms with Gasteiger partial charge in [-0.15, -0.1) is 0 Å². The van der Waals surface area contributed by atoms with Gasteiger partial charge >= 0.3 is 0 Å². The highest BCUT2D eigenvalue weighted by atomic mass is 16.6. The van der Waals surface area contributed by atoms with Gasteiger partial charge in [0, 0.05) is 43.2 Å². The number of hydrogen-bond acceptors (Lipinski definition) is 11. The van der Waals surface area contributed by atoms with E-state index in [9.17, 15) is 15.0 Å². The third kappa shape index (κ3) is 5.19. The van der Waals surface area contributed by atoms with E-state index in [-0.39, 0.29) is 17.8 Å². The number of aliphatic hydroxyl groups excluding tert-OH is 2. The van der Waals surface area contributed by atoms with Crippen LogP contribution < -0.4 is 5.73 Å². The summed E-state index contributed by atoms with van der Waals surface area (Å²) in [6, 6.07) is 1.83. The Hall–Kier alpha value is -3.85. The second-order valence-electron chi connectivity index (χ2n) is 10.9. The maximum Gasteiger partial charge on any atom is 0.254 e. The van der Waals surface area contributed by atoms with Crippen LogP contribution in [0.5, 0.6) is 0 Å². The molecule has 14 nitrogen and oxygen atoms in total. The summed E-state index contributed by atoms with van der Waals surface area (Å²) in [6.07, 6.45) is 6.00. The number of amides is 1. The zero-order valence-corrected chi connectivity index (χ0v) is 23.1. The molecule has 2 fully saturated rings. The second-order valence-corrected chi connectivity index (χ2v) is 10.9. The van der Waals surface area contributed by atoms with Crippen molar-refractivity contribution in [3.63, 3.8) is 0 Å². The van der Waals surface area contributed by atoms with E-state index in [0.29, 0.717) is 41.7 Å². The Morgan fingerprint density at radius 1 is 1.20 bits per heavy atom. The lowest BCUT2D eigenvalue weighted by molar-refractivity contribution is -0.152. The van der Waals surface area contributed by atoms with E-state index >= 15 is 0 Å². The molecule has 2 aliphatic rings. The number of carbonyl (C=O) groups excluding carboxylic acids is 1. The minimum atomic E-state index is -1.44. The average molecular weight is 566 g/mol. The fraction of sp³-hybridized carbons (Fsp3) is 0.519. The van der Waals surface area contributed by atoms with Crippen molar-refractivity contribution in [1.29, 1.82) is 0 Å². The molecule has 4 aromatic rings. The first-order valence-electron chi connectivity index (χ1n) is 13.8. The molecule has 6 rings (SSSR count). The molecule has 0 radical (unpaired) electrons. The van der Waals surface area contributed by atoms with Gasteiger partial charge in [-0.3, -0.25) is 9.48 Å². The normalized spacial score (nSPS) is 23.9. The maximum absolute atomic E-state index is 14.0. The fourth-order valence-electron chi connectivity index (χ4n) is 5.90. The van der Waals surface area contributed by atoms with E-state index in [1.54, 1.807) is 41.2 Å². The first-order chi connectivity index (χ1) is 19.8. The highest BCUT2D eigenvalue weighted by molar-refractivity contribution is 5.99. The number of ether oxygens (including phenoxy) is 1. The third-order valence-corrected chi connectivity index (χ3v) is 8.14. The van der Waals surface area contributed by atoms with Crippen molar-refractivity contribution in [1.82, 2.24) is 39.3 Å². The summed E-state index contributed by atoms with van der Waals surface area (Å²) in [7, 11) is 3.87. The van der Waals surface area contributed by atoms with Crippen molar-refractivity contribution in [3.05, 3.63) is 42.8 Å². The predicted molar refractivity (Wildman–Crippen MR) is 147 cm³/mol. The second kappa shape index (κ2) is 11.2. The van der Waals surface area contributed by atoms with Crippen LogP contribution in [0.1, 0.15) is 31.1 Å². The Balaban J connectivity index is 1.28. The van der Waals surface area contributed by atoms with E-state index in [0.717, 1.165) is 31.5 Å². The van der Waals surface area contributed by atoms with Crippen LogP contribution in [0.3, 0.4) is 0 Å². The highest BCUT2D eigenvalue weighted by Gasteiger charge is 2.49. The first kappa shape index (κ1) is 27.3. The molecule has 0 aromatic carbocycles. The van der Waals surface area contributed by atoms with Gasteiger partial charge in [-0.2, -0.15) is 5.10 Å². The number of nitrogens with two attached hydrogens (primary N) is 1. The zero-order chi connectivity index (χ0) is 28.7. The Labute approximate surface area is 236 Å². The molecule has 14 heteroatoms.